The molecular weight excluding hydrogens is 574 g/mol. The first-order valence-electron chi connectivity index (χ1n) is 7.70. The molecule has 31 heavy (non-hydrogen) atoms. The minimum Gasteiger partial charge on any atom is -0.269 e. The summed E-state index contributed by atoms with van der Waals surface area (Å²) < 4.78 is 142. The van der Waals surface area contributed by atoms with Gasteiger partial charge in [0.1, 0.15) is 0 Å². The molecule has 1 aromatic carbocycles. The maximum Gasteiger partial charge on any atom is 0.460 e. The van der Waals surface area contributed by atoms with Gasteiger partial charge in [0, 0.05) is 9.66 Å². The van der Waals surface area contributed by atoms with Crippen molar-refractivity contribution in [2.75, 3.05) is 6.54 Å². The number of halogens is 12. The fraction of sp³-hybridized carbons (Fsp3) is 0.375. The number of amides is 2. The molecule has 0 atom stereocenters. The van der Waals surface area contributed by atoms with Crippen LogP contribution in [-0.2, 0) is 0 Å². The lowest BCUT2D eigenvalue weighted by Gasteiger charge is -2.36. The predicted octanol–water partition coefficient (Wildman–Crippen LogP) is 5.71. The van der Waals surface area contributed by atoms with E-state index in [9.17, 15) is 57.9 Å². The van der Waals surface area contributed by atoms with E-state index in [1.807, 2.05) is 0 Å². The Labute approximate surface area is 179 Å². The van der Waals surface area contributed by atoms with E-state index in [1.54, 1.807) is 0 Å². The minimum absolute atomic E-state index is 0.176. The molecule has 0 saturated heterocycles. The van der Waals surface area contributed by atoms with E-state index in [2.05, 4.69) is 0 Å². The SMILES string of the molecule is O=C1c2ccccc2C(=O)N1CC(I)=CC(F)(F)C(F)(F)C(F)(F)C(F)(F)C(F)(F)F. The Morgan fingerprint density at radius 2 is 1.19 bits per heavy atom. The van der Waals surface area contributed by atoms with Crippen molar-refractivity contribution in [2.24, 2.45) is 0 Å². The number of rotatable bonds is 6. The summed E-state index contributed by atoms with van der Waals surface area (Å²) in [5, 5.41) is 0. The number of hydrogen-bond donors (Lipinski definition) is 0. The zero-order valence-corrected chi connectivity index (χ0v) is 16.6. The van der Waals surface area contributed by atoms with Crippen LogP contribution in [0.5, 0.6) is 0 Å². The van der Waals surface area contributed by atoms with Gasteiger partial charge in [-0.1, -0.05) is 12.1 Å². The molecule has 3 nitrogen and oxygen atoms in total. The Hall–Kier alpha value is -1.94. The monoisotopic (exact) mass is 581 g/mol. The molecule has 0 aliphatic carbocycles. The van der Waals surface area contributed by atoms with Crippen LogP contribution >= 0.6 is 22.6 Å². The summed E-state index contributed by atoms with van der Waals surface area (Å²) >= 11 is 0.828. The lowest BCUT2D eigenvalue weighted by atomic mass is 9.97. The Kier molecular flexibility index (Phi) is 6.19. The summed E-state index contributed by atoms with van der Waals surface area (Å²) in [6.07, 6.45) is -8.26. The molecule has 15 heteroatoms. The molecule has 0 aromatic heterocycles. The van der Waals surface area contributed by atoms with E-state index in [1.165, 1.54) is 24.3 Å². The Bertz CT molecular complexity index is 905. The summed E-state index contributed by atoms with van der Waals surface area (Å²) in [7, 11) is 0. The van der Waals surface area contributed by atoms with Crippen molar-refractivity contribution < 1.29 is 57.9 Å². The van der Waals surface area contributed by atoms with E-state index >= 15 is 0 Å². The third-order valence-electron chi connectivity index (χ3n) is 4.09. The van der Waals surface area contributed by atoms with Crippen molar-refractivity contribution in [2.45, 2.75) is 29.9 Å². The third kappa shape index (κ3) is 3.88. The molecule has 2 amide bonds. The highest BCUT2D eigenvalue weighted by atomic mass is 127. The first-order valence-corrected chi connectivity index (χ1v) is 8.78. The molecule has 2 rings (SSSR count). The van der Waals surface area contributed by atoms with Crippen LogP contribution in [0.3, 0.4) is 0 Å². The van der Waals surface area contributed by atoms with E-state index in [0.717, 1.165) is 22.6 Å². The number of hydrogen-bond acceptors (Lipinski definition) is 2. The van der Waals surface area contributed by atoms with Crippen LogP contribution in [0.2, 0.25) is 0 Å². The van der Waals surface area contributed by atoms with Crippen LogP contribution < -0.4 is 0 Å². The maximum atomic E-state index is 13.8. The second-order valence-electron chi connectivity index (χ2n) is 6.18. The van der Waals surface area contributed by atoms with Crippen LogP contribution in [0.4, 0.5) is 48.3 Å². The van der Waals surface area contributed by atoms with Gasteiger partial charge < -0.3 is 0 Å². The second kappa shape index (κ2) is 7.58. The normalized spacial score (nSPS) is 16.8. The second-order valence-corrected chi connectivity index (χ2v) is 7.56. The quantitative estimate of drug-likeness (QED) is 0.246. The van der Waals surface area contributed by atoms with Crippen molar-refractivity contribution in [1.82, 2.24) is 4.90 Å². The summed E-state index contributed by atoms with van der Waals surface area (Å²) in [5.41, 5.74) is -0.352. The van der Waals surface area contributed by atoms with Gasteiger partial charge in [-0.05, 0) is 34.7 Å². The van der Waals surface area contributed by atoms with Crippen molar-refractivity contribution >= 4 is 34.4 Å². The molecule has 0 unspecified atom stereocenters. The van der Waals surface area contributed by atoms with Gasteiger partial charge in [0.25, 0.3) is 11.8 Å². The van der Waals surface area contributed by atoms with Crippen molar-refractivity contribution in [3.63, 3.8) is 0 Å². The summed E-state index contributed by atoms with van der Waals surface area (Å²) in [6.45, 7) is -1.15. The highest BCUT2D eigenvalue weighted by Crippen LogP contribution is 2.57. The Morgan fingerprint density at radius 3 is 1.58 bits per heavy atom. The number of imide groups is 1. The first-order chi connectivity index (χ1) is 13.8. The molecule has 0 saturated carbocycles. The lowest BCUT2D eigenvalue weighted by Crippen LogP contribution is -2.66. The van der Waals surface area contributed by atoms with Gasteiger partial charge >= 0.3 is 29.9 Å². The maximum absolute atomic E-state index is 13.8. The van der Waals surface area contributed by atoms with Gasteiger partial charge in [-0.2, -0.15) is 48.3 Å². The topological polar surface area (TPSA) is 37.4 Å². The Balaban J connectivity index is 2.35. The number of benzene rings is 1. The van der Waals surface area contributed by atoms with Crippen LogP contribution in [0.15, 0.2) is 33.9 Å². The summed E-state index contributed by atoms with van der Waals surface area (Å²) in [5.74, 6) is -30.5. The Morgan fingerprint density at radius 1 is 0.774 bits per heavy atom. The van der Waals surface area contributed by atoms with Crippen molar-refractivity contribution in [3.05, 3.63) is 45.0 Å². The fourth-order valence-corrected chi connectivity index (χ4v) is 3.18. The summed E-state index contributed by atoms with van der Waals surface area (Å²) in [6, 6.07) is 5.03. The molecule has 1 heterocycles. The molecular formula is C16H7F11INO2. The number of carbonyl (C=O) groups is 2. The highest BCUT2D eigenvalue weighted by molar-refractivity contribution is 14.1. The smallest absolute Gasteiger partial charge is 0.269 e. The molecule has 0 spiro atoms. The zero-order valence-electron chi connectivity index (χ0n) is 14.4. The van der Waals surface area contributed by atoms with E-state index in [0.29, 0.717) is 0 Å². The van der Waals surface area contributed by atoms with Gasteiger partial charge in [-0.15, -0.1) is 0 Å². The average molecular weight is 581 g/mol. The van der Waals surface area contributed by atoms with Crippen LogP contribution in [0.1, 0.15) is 20.7 Å². The minimum atomic E-state index is -7.54. The molecule has 0 radical (unpaired) electrons. The molecule has 0 fully saturated rings. The molecule has 1 aromatic rings. The van der Waals surface area contributed by atoms with Gasteiger partial charge in [0.15, 0.2) is 0 Å². The number of fused-ring (bicyclic) bond motifs is 1. The van der Waals surface area contributed by atoms with E-state index < -0.39 is 57.9 Å². The first kappa shape index (κ1) is 25.3. The number of allylic oxidation sites excluding steroid dienone is 1. The van der Waals surface area contributed by atoms with Gasteiger partial charge in [0.05, 0.1) is 17.7 Å². The van der Waals surface area contributed by atoms with Crippen molar-refractivity contribution in [1.29, 1.82) is 0 Å². The highest BCUT2D eigenvalue weighted by Gasteiger charge is 2.86. The lowest BCUT2D eigenvalue weighted by molar-refractivity contribution is -0.416. The fourth-order valence-electron chi connectivity index (χ4n) is 2.45. The van der Waals surface area contributed by atoms with Gasteiger partial charge in [0.2, 0.25) is 0 Å². The molecule has 0 N–H and O–H groups in total. The number of nitrogens with zero attached hydrogens (tertiary/aromatic N) is 1. The molecule has 0 bridgehead atoms. The van der Waals surface area contributed by atoms with E-state index in [-0.39, 0.29) is 16.0 Å². The summed E-state index contributed by atoms with van der Waals surface area (Å²) in [4.78, 5) is 24.5. The van der Waals surface area contributed by atoms with Gasteiger partial charge in [-0.25, -0.2) is 0 Å². The van der Waals surface area contributed by atoms with E-state index in [4.69, 9.17) is 0 Å². The van der Waals surface area contributed by atoms with Gasteiger partial charge in [-0.3, -0.25) is 14.5 Å². The number of alkyl halides is 11. The molecule has 1 aliphatic rings. The standard InChI is InChI=1S/C16H7F11INO2/c17-12(18,13(19,20)14(21,22)15(23,24)16(25,26)27)5-7(28)6-29-10(30)8-3-1-2-4-9(8)11(29)31/h1-5H,6H2. The predicted molar refractivity (Wildman–Crippen MR) is 89.8 cm³/mol. The van der Waals surface area contributed by atoms with Crippen molar-refractivity contribution in [3.8, 4) is 0 Å². The zero-order chi connectivity index (χ0) is 24.2. The van der Waals surface area contributed by atoms with Crippen LogP contribution in [0.25, 0.3) is 0 Å². The average Bonchev–Trinajstić information content (AvgIpc) is 2.85. The largest absolute Gasteiger partial charge is 0.460 e. The van der Waals surface area contributed by atoms with Crippen LogP contribution in [0, 0.1) is 0 Å². The molecule has 1 aliphatic heterocycles. The number of carbonyl (C=O) groups excluding carboxylic acids is 2. The van der Waals surface area contributed by atoms with Crippen LogP contribution in [-0.4, -0.2) is 53.1 Å². The molecule has 172 valence electrons. The third-order valence-corrected chi connectivity index (χ3v) is 4.74.